The smallest absolute Gasteiger partial charge is 0.0141 e. The van der Waals surface area contributed by atoms with E-state index in [4.69, 9.17) is 12.6 Å². The predicted molar refractivity (Wildman–Crippen MR) is 99.3 cm³/mol. The normalized spacial score (nSPS) is 17.0. The van der Waals surface area contributed by atoms with Crippen LogP contribution in [0.4, 0.5) is 0 Å². The Morgan fingerprint density at radius 1 is 0.955 bits per heavy atom. The van der Waals surface area contributed by atoms with E-state index in [0.717, 1.165) is 11.3 Å². The molecule has 0 aromatic heterocycles. The van der Waals surface area contributed by atoms with Gasteiger partial charge in [0.15, 0.2) is 0 Å². The molecular formula is C21H24S. The van der Waals surface area contributed by atoms with Gasteiger partial charge in [-0.05, 0) is 85.6 Å². The van der Waals surface area contributed by atoms with E-state index in [-0.39, 0.29) is 0 Å². The van der Waals surface area contributed by atoms with Gasteiger partial charge >= 0.3 is 0 Å². The van der Waals surface area contributed by atoms with E-state index in [1.807, 2.05) is 0 Å². The third-order valence-corrected chi connectivity index (χ3v) is 6.08. The summed E-state index contributed by atoms with van der Waals surface area (Å²) in [5.41, 5.74) is 12.3. The van der Waals surface area contributed by atoms with Crippen molar-refractivity contribution in [1.82, 2.24) is 0 Å². The van der Waals surface area contributed by atoms with Crippen LogP contribution in [-0.4, -0.2) is 0 Å². The number of benzene rings is 2. The highest BCUT2D eigenvalue weighted by molar-refractivity contribution is 7.80. The van der Waals surface area contributed by atoms with Gasteiger partial charge in [-0.1, -0.05) is 30.3 Å². The molecule has 0 amide bonds. The summed E-state index contributed by atoms with van der Waals surface area (Å²) in [5.74, 6) is 0.439. The van der Waals surface area contributed by atoms with Gasteiger partial charge in [0, 0.05) is 10.8 Å². The van der Waals surface area contributed by atoms with Crippen LogP contribution in [0, 0.1) is 34.6 Å². The highest BCUT2D eigenvalue weighted by Crippen LogP contribution is 2.47. The Bertz CT molecular complexity index is 767. The third kappa shape index (κ3) is 2.14. The Kier molecular flexibility index (Phi) is 3.72. The maximum atomic E-state index is 4.71. The summed E-state index contributed by atoms with van der Waals surface area (Å²) in [6.45, 7) is 15.3. The van der Waals surface area contributed by atoms with E-state index >= 15 is 0 Å². The summed E-state index contributed by atoms with van der Waals surface area (Å²) < 4.78 is 0. The average Bonchev–Trinajstić information content (AvgIpc) is 2.80. The molecule has 22 heavy (non-hydrogen) atoms. The maximum absolute atomic E-state index is 4.71. The molecule has 3 rings (SSSR count). The van der Waals surface area contributed by atoms with Crippen molar-refractivity contribution in [3.05, 3.63) is 69.3 Å². The van der Waals surface area contributed by atoms with Crippen LogP contribution in [-0.2, 0) is 0 Å². The maximum Gasteiger partial charge on any atom is 0.0141 e. The molecule has 114 valence electrons. The lowest BCUT2D eigenvalue weighted by molar-refractivity contribution is 0.848. The van der Waals surface area contributed by atoms with Crippen molar-refractivity contribution in [2.75, 3.05) is 0 Å². The van der Waals surface area contributed by atoms with Gasteiger partial charge in [0.1, 0.15) is 0 Å². The number of fused-ring (bicyclic) bond motifs is 1. The lowest BCUT2D eigenvalue weighted by Crippen LogP contribution is -2.06. The van der Waals surface area contributed by atoms with Gasteiger partial charge in [-0.25, -0.2) is 0 Å². The van der Waals surface area contributed by atoms with Crippen molar-refractivity contribution >= 4 is 18.2 Å². The SMILES string of the molecule is C=C1CC(c2c(C)c(C)c(S)c(C)c2C)c2ccc(C)cc21. The molecule has 0 nitrogen and oxygen atoms in total. The first-order chi connectivity index (χ1) is 10.3. The summed E-state index contributed by atoms with van der Waals surface area (Å²) in [4.78, 5) is 1.14. The number of allylic oxidation sites excluding steroid dienone is 1. The molecule has 0 saturated carbocycles. The number of hydrogen-bond acceptors (Lipinski definition) is 1. The first kappa shape index (κ1) is 15.4. The Balaban J connectivity index is 2.26. The van der Waals surface area contributed by atoms with Gasteiger partial charge < -0.3 is 0 Å². The van der Waals surface area contributed by atoms with E-state index in [1.54, 1.807) is 0 Å². The summed E-state index contributed by atoms with van der Waals surface area (Å²) in [6.07, 6.45) is 1.03. The molecule has 0 spiro atoms. The molecular weight excluding hydrogens is 284 g/mol. The molecule has 1 aliphatic rings. The zero-order valence-electron chi connectivity index (χ0n) is 14.2. The highest BCUT2D eigenvalue weighted by atomic mass is 32.1. The van der Waals surface area contributed by atoms with Crippen molar-refractivity contribution in [2.24, 2.45) is 0 Å². The van der Waals surface area contributed by atoms with Gasteiger partial charge in [-0.15, -0.1) is 12.6 Å². The Morgan fingerprint density at radius 3 is 2.14 bits per heavy atom. The van der Waals surface area contributed by atoms with E-state index < -0.39 is 0 Å². The second-order valence-electron chi connectivity index (χ2n) is 6.71. The number of rotatable bonds is 1. The molecule has 2 aromatic rings. The van der Waals surface area contributed by atoms with Gasteiger partial charge in [-0.3, -0.25) is 0 Å². The van der Waals surface area contributed by atoms with Gasteiger partial charge in [0.25, 0.3) is 0 Å². The molecule has 1 aliphatic carbocycles. The number of thiol groups is 1. The summed E-state index contributed by atoms with van der Waals surface area (Å²) in [7, 11) is 0. The second kappa shape index (κ2) is 5.31. The van der Waals surface area contributed by atoms with E-state index in [9.17, 15) is 0 Å². The molecule has 0 aliphatic heterocycles. The van der Waals surface area contributed by atoms with Crippen LogP contribution in [0.2, 0.25) is 0 Å². The monoisotopic (exact) mass is 308 g/mol. The zero-order valence-corrected chi connectivity index (χ0v) is 15.1. The molecule has 0 N–H and O–H groups in total. The van der Waals surface area contributed by atoms with Crippen molar-refractivity contribution in [3.63, 3.8) is 0 Å². The highest BCUT2D eigenvalue weighted by Gasteiger charge is 2.30. The minimum absolute atomic E-state index is 0.439. The minimum Gasteiger partial charge on any atom is -0.143 e. The quantitative estimate of drug-likeness (QED) is 0.608. The molecule has 1 unspecified atom stereocenters. The van der Waals surface area contributed by atoms with Crippen LogP contribution in [0.3, 0.4) is 0 Å². The van der Waals surface area contributed by atoms with Crippen molar-refractivity contribution in [2.45, 2.75) is 51.9 Å². The van der Waals surface area contributed by atoms with Gasteiger partial charge in [0.2, 0.25) is 0 Å². The molecule has 2 aromatic carbocycles. The van der Waals surface area contributed by atoms with Crippen LogP contribution < -0.4 is 0 Å². The van der Waals surface area contributed by atoms with Crippen molar-refractivity contribution in [3.8, 4) is 0 Å². The van der Waals surface area contributed by atoms with Gasteiger partial charge in [0.05, 0.1) is 0 Å². The Hall–Kier alpha value is -1.47. The molecule has 0 bridgehead atoms. The van der Waals surface area contributed by atoms with Crippen LogP contribution in [0.5, 0.6) is 0 Å². The first-order valence-electron chi connectivity index (χ1n) is 7.90. The van der Waals surface area contributed by atoms with Crippen molar-refractivity contribution in [1.29, 1.82) is 0 Å². The number of aryl methyl sites for hydroxylation is 1. The van der Waals surface area contributed by atoms with Crippen LogP contribution in [0.1, 0.15) is 56.8 Å². The van der Waals surface area contributed by atoms with Crippen LogP contribution in [0.25, 0.3) is 5.57 Å². The Labute approximate surface area is 139 Å². The molecule has 0 radical (unpaired) electrons. The fourth-order valence-electron chi connectivity index (χ4n) is 3.85. The second-order valence-corrected chi connectivity index (χ2v) is 7.16. The van der Waals surface area contributed by atoms with E-state index in [1.165, 1.54) is 50.1 Å². The van der Waals surface area contributed by atoms with Crippen molar-refractivity contribution < 1.29 is 0 Å². The topological polar surface area (TPSA) is 0 Å². The third-order valence-electron chi connectivity index (χ3n) is 5.41. The largest absolute Gasteiger partial charge is 0.143 e. The van der Waals surface area contributed by atoms with Gasteiger partial charge in [-0.2, -0.15) is 0 Å². The first-order valence-corrected chi connectivity index (χ1v) is 8.35. The lowest BCUT2D eigenvalue weighted by atomic mass is 9.83. The van der Waals surface area contributed by atoms with Crippen LogP contribution in [0.15, 0.2) is 29.7 Å². The molecule has 1 atom stereocenters. The standard InChI is InChI=1S/C21H24S/c1-11-7-8-17-18(9-11)12(2)10-19(17)20-13(3)15(5)21(22)16(6)14(20)4/h7-9,19,22H,2,10H2,1,3-6H3. The zero-order chi connectivity index (χ0) is 16.2. The van der Waals surface area contributed by atoms with Crippen LogP contribution >= 0.6 is 12.6 Å². The molecule has 1 heteroatoms. The van der Waals surface area contributed by atoms with E-state index in [2.05, 4.69) is 59.4 Å². The molecule has 0 fully saturated rings. The molecule has 0 saturated heterocycles. The number of hydrogen-bond donors (Lipinski definition) is 1. The minimum atomic E-state index is 0.439. The lowest BCUT2D eigenvalue weighted by Gasteiger charge is -2.23. The summed E-state index contributed by atoms with van der Waals surface area (Å²) in [5, 5.41) is 0. The average molecular weight is 308 g/mol. The van der Waals surface area contributed by atoms with E-state index in [0.29, 0.717) is 5.92 Å². The molecule has 0 heterocycles. The Morgan fingerprint density at radius 2 is 1.55 bits per heavy atom. The fourth-order valence-corrected chi connectivity index (χ4v) is 4.18. The summed E-state index contributed by atoms with van der Waals surface area (Å²) >= 11 is 4.71. The fraction of sp³-hybridized carbons (Fsp3) is 0.333. The summed E-state index contributed by atoms with van der Waals surface area (Å²) in [6, 6.07) is 6.81. The predicted octanol–water partition coefficient (Wildman–Crippen LogP) is 6.07.